The SMILES string of the molecule is Nc1ccc(C2CCC2)n(C2CCCC2)c1=O. The molecule has 2 N–H and O–H groups in total. The van der Waals surface area contributed by atoms with Crippen molar-refractivity contribution in [1.29, 1.82) is 0 Å². The Bertz CT molecular complexity index is 468. The summed E-state index contributed by atoms with van der Waals surface area (Å²) in [5.74, 6) is 0.601. The number of nitrogens with zero attached hydrogens (tertiary/aromatic N) is 1. The van der Waals surface area contributed by atoms with Crippen molar-refractivity contribution < 1.29 is 0 Å². The molecule has 2 fully saturated rings. The van der Waals surface area contributed by atoms with Crippen molar-refractivity contribution in [3.63, 3.8) is 0 Å². The Labute approximate surface area is 102 Å². The zero-order chi connectivity index (χ0) is 11.8. The standard InChI is InChI=1S/C14H20N2O/c15-12-8-9-13(10-4-3-5-10)16(14(12)17)11-6-1-2-7-11/h8-11H,1-7,15H2. The first kappa shape index (κ1) is 10.9. The van der Waals surface area contributed by atoms with Gasteiger partial charge in [-0.15, -0.1) is 0 Å². The molecule has 0 spiro atoms. The van der Waals surface area contributed by atoms with Gasteiger partial charge in [0.1, 0.15) is 0 Å². The lowest BCUT2D eigenvalue weighted by atomic mass is 9.82. The van der Waals surface area contributed by atoms with E-state index in [4.69, 9.17) is 5.73 Å². The molecule has 17 heavy (non-hydrogen) atoms. The van der Waals surface area contributed by atoms with Gasteiger partial charge in [-0.2, -0.15) is 0 Å². The van der Waals surface area contributed by atoms with Crippen molar-refractivity contribution >= 4 is 5.69 Å². The number of hydrogen-bond donors (Lipinski definition) is 1. The van der Waals surface area contributed by atoms with E-state index in [1.54, 1.807) is 6.07 Å². The van der Waals surface area contributed by atoms with E-state index in [0.29, 0.717) is 17.6 Å². The molecule has 0 amide bonds. The lowest BCUT2D eigenvalue weighted by Gasteiger charge is -2.30. The summed E-state index contributed by atoms with van der Waals surface area (Å²) in [6, 6.07) is 4.28. The van der Waals surface area contributed by atoms with E-state index in [1.807, 2.05) is 4.57 Å². The highest BCUT2D eigenvalue weighted by Gasteiger charge is 2.27. The Morgan fingerprint density at radius 3 is 2.35 bits per heavy atom. The molecule has 3 heteroatoms. The molecule has 1 heterocycles. The molecule has 0 atom stereocenters. The molecule has 2 aliphatic carbocycles. The summed E-state index contributed by atoms with van der Waals surface area (Å²) in [6.07, 6.45) is 8.54. The van der Waals surface area contributed by atoms with Gasteiger partial charge in [0, 0.05) is 11.7 Å². The number of nitrogen functional groups attached to an aromatic ring is 1. The minimum absolute atomic E-state index is 0.0429. The molecule has 0 aliphatic heterocycles. The molecule has 1 aromatic heterocycles. The summed E-state index contributed by atoms with van der Waals surface area (Å²) < 4.78 is 2.02. The van der Waals surface area contributed by atoms with E-state index in [2.05, 4.69) is 6.07 Å². The lowest BCUT2D eigenvalue weighted by Crippen LogP contribution is -2.31. The van der Waals surface area contributed by atoms with Crippen molar-refractivity contribution in [3.8, 4) is 0 Å². The van der Waals surface area contributed by atoms with Crippen LogP contribution < -0.4 is 11.3 Å². The zero-order valence-corrected chi connectivity index (χ0v) is 10.2. The highest BCUT2D eigenvalue weighted by molar-refractivity contribution is 5.37. The third kappa shape index (κ3) is 1.78. The number of anilines is 1. The minimum Gasteiger partial charge on any atom is -0.394 e. The van der Waals surface area contributed by atoms with Crippen molar-refractivity contribution in [3.05, 3.63) is 28.2 Å². The molecule has 0 saturated heterocycles. The fourth-order valence-electron chi connectivity index (χ4n) is 3.16. The van der Waals surface area contributed by atoms with E-state index < -0.39 is 0 Å². The van der Waals surface area contributed by atoms with Gasteiger partial charge in [-0.05, 0) is 43.7 Å². The molecule has 2 aliphatic rings. The van der Waals surface area contributed by atoms with Gasteiger partial charge in [-0.3, -0.25) is 4.79 Å². The fourth-order valence-corrected chi connectivity index (χ4v) is 3.16. The van der Waals surface area contributed by atoms with Gasteiger partial charge in [0.2, 0.25) is 0 Å². The summed E-state index contributed by atoms with van der Waals surface area (Å²) in [7, 11) is 0. The first-order valence-corrected chi connectivity index (χ1v) is 6.78. The zero-order valence-electron chi connectivity index (χ0n) is 10.2. The Morgan fingerprint density at radius 1 is 1.06 bits per heavy atom. The monoisotopic (exact) mass is 232 g/mol. The molecule has 3 rings (SSSR count). The van der Waals surface area contributed by atoms with Crippen LogP contribution in [0.2, 0.25) is 0 Å². The van der Waals surface area contributed by atoms with Gasteiger partial charge in [0.15, 0.2) is 0 Å². The maximum atomic E-state index is 12.3. The topological polar surface area (TPSA) is 48.0 Å². The van der Waals surface area contributed by atoms with Crippen LogP contribution in [0.1, 0.15) is 62.6 Å². The van der Waals surface area contributed by atoms with Gasteiger partial charge in [0.05, 0.1) is 5.69 Å². The van der Waals surface area contributed by atoms with Crippen LogP contribution in [0.4, 0.5) is 5.69 Å². The molecule has 0 radical (unpaired) electrons. The van der Waals surface area contributed by atoms with Crippen LogP contribution in [0.15, 0.2) is 16.9 Å². The van der Waals surface area contributed by atoms with Gasteiger partial charge in [-0.1, -0.05) is 19.3 Å². The van der Waals surface area contributed by atoms with Gasteiger partial charge >= 0.3 is 0 Å². The third-order valence-corrected chi connectivity index (χ3v) is 4.39. The second kappa shape index (κ2) is 4.21. The summed E-state index contributed by atoms with van der Waals surface area (Å²) in [4.78, 5) is 12.3. The minimum atomic E-state index is 0.0429. The van der Waals surface area contributed by atoms with Crippen molar-refractivity contribution in [2.24, 2.45) is 0 Å². The average Bonchev–Trinajstić information content (AvgIpc) is 2.74. The van der Waals surface area contributed by atoms with Crippen LogP contribution in [0.25, 0.3) is 0 Å². The largest absolute Gasteiger partial charge is 0.394 e. The predicted octanol–water partition coefficient (Wildman–Crippen LogP) is 2.81. The second-order valence-corrected chi connectivity index (χ2v) is 5.45. The normalized spacial score (nSPS) is 21.6. The molecular weight excluding hydrogens is 212 g/mol. The van der Waals surface area contributed by atoms with Crippen LogP contribution in [0, 0.1) is 0 Å². The Balaban J connectivity index is 2.07. The highest BCUT2D eigenvalue weighted by atomic mass is 16.1. The Hall–Kier alpha value is -1.25. The van der Waals surface area contributed by atoms with Gasteiger partial charge in [0.25, 0.3) is 5.56 Å². The number of pyridine rings is 1. The van der Waals surface area contributed by atoms with Crippen LogP contribution in [-0.2, 0) is 0 Å². The fraction of sp³-hybridized carbons (Fsp3) is 0.643. The Morgan fingerprint density at radius 2 is 1.76 bits per heavy atom. The van der Waals surface area contributed by atoms with Gasteiger partial charge < -0.3 is 10.3 Å². The first-order valence-electron chi connectivity index (χ1n) is 6.78. The molecule has 0 aromatic carbocycles. The van der Waals surface area contributed by atoms with Crippen molar-refractivity contribution in [1.82, 2.24) is 4.57 Å². The van der Waals surface area contributed by atoms with Gasteiger partial charge in [-0.25, -0.2) is 0 Å². The first-order chi connectivity index (χ1) is 8.27. The number of aromatic nitrogens is 1. The highest BCUT2D eigenvalue weighted by Crippen LogP contribution is 2.39. The molecule has 0 bridgehead atoms. The lowest BCUT2D eigenvalue weighted by molar-refractivity contribution is 0.371. The van der Waals surface area contributed by atoms with E-state index in [9.17, 15) is 4.79 Å². The third-order valence-electron chi connectivity index (χ3n) is 4.39. The Kier molecular flexibility index (Phi) is 2.69. The quantitative estimate of drug-likeness (QED) is 0.852. The van der Waals surface area contributed by atoms with Crippen LogP contribution in [0.3, 0.4) is 0 Å². The maximum Gasteiger partial charge on any atom is 0.274 e. The average molecular weight is 232 g/mol. The van der Waals surface area contributed by atoms with Crippen molar-refractivity contribution in [2.45, 2.75) is 56.9 Å². The van der Waals surface area contributed by atoms with E-state index in [1.165, 1.54) is 37.8 Å². The molecule has 1 aromatic rings. The summed E-state index contributed by atoms with van der Waals surface area (Å²) in [5, 5.41) is 0. The van der Waals surface area contributed by atoms with E-state index in [-0.39, 0.29) is 5.56 Å². The summed E-state index contributed by atoms with van der Waals surface area (Å²) in [6.45, 7) is 0. The number of nitrogens with two attached hydrogens (primary N) is 1. The van der Waals surface area contributed by atoms with E-state index in [0.717, 1.165) is 12.8 Å². The maximum absolute atomic E-state index is 12.3. The van der Waals surface area contributed by atoms with Crippen LogP contribution >= 0.6 is 0 Å². The molecule has 2 saturated carbocycles. The molecule has 0 unspecified atom stereocenters. The smallest absolute Gasteiger partial charge is 0.274 e. The molecule has 92 valence electrons. The van der Waals surface area contributed by atoms with Crippen LogP contribution in [-0.4, -0.2) is 4.57 Å². The van der Waals surface area contributed by atoms with Crippen molar-refractivity contribution in [2.75, 3.05) is 5.73 Å². The molecular formula is C14H20N2O. The number of hydrogen-bond acceptors (Lipinski definition) is 2. The summed E-state index contributed by atoms with van der Waals surface area (Å²) in [5.41, 5.74) is 7.47. The second-order valence-electron chi connectivity index (χ2n) is 5.45. The van der Waals surface area contributed by atoms with E-state index >= 15 is 0 Å². The predicted molar refractivity (Wildman–Crippen MR) is 69.2 cm³/mol. The van der Waals surface area contributed by atoms with Crippen LogP contribution in [0.5, 0.6) is 0 Å². The number of rotatable bonds is 2. The summed E-state index contributed by atoms with van der Waals surface area (Å²) >= 11 is 0. The molecule has 3 nitrogen and oxygen atoms in total.